The Bertz CT molecular complexity index is 714. The summed E-state index contributed by atoms with van der Waals surface area (Å²) in [6.07, 6.45) is 0. The van der Waals surface area contributed by atoms with Crippen LogP contribution in [-0.2, 0) is 0 Å². The summed E-state index contributed by atoms with van der Waals surface area (Å²) >= 11 is 1.41. The monoisotopic (exact) mass is 304 g/mol. The first-order valence-electron chi connectivity index (χ1n) is 7.32. The number of aryl methyl sites for hydroxylation is 1. The van der Waals surface area contributed by atoms with Gasteiger partial charge in [0.05, 0.1) is 4.88 Å². The minimum absolute atomic E-state index is 0.0718. The molecule has 0 aliphatic carbocycles. The van der Waals surface area contributed by atoms with Gasteiger partial charge < -0.3 is 10.2 Å². The third-order valence-corrected chi connectivity index (χ3v) is 6.02. The third-order valence-electron chi connectivity index (χ3n) is 4.77. The molecule has 0 spiro atoms. The van der Waals surface area contributed by atoms with E-state index in [9.17, 15) is 9.18 Å². The molecule has 1 aromatic heterocycles. The molecule has 0 saturated carbocycles. The van der Waals surface area contributed by atoms with Crippen molar-refractivity contribution in [3.05, 3.63) is 34.5 Å². The molecule has 2 atom stereocenters. The fourth-order valence-corrected chi connectivity index (χ4v) is 4.81. The number of hydrogen-bond acceptors (Lipinski definition) is 3. The second-order valence-electron chi connectivity index (χ2n) is 6.06. The molecule has 0 radical (unpaired) electrons. The Hall–Kier alpha value is -1.46. The molecule has 2 aliphatic heterocycles. The van der Waals surface area contributed by atoms with E-state index >= 15 is 0 Å². The number of carbonyl (C=O) groups is 1. The number of carbonyl (C=O) groups excluding carboxylic acids is 1. The molecule has 3 nitrogen and oxygen atoms in total. The first kappa shape index (κ1) is 13.2. The summed E-state index contributed by atoms with van der Waals surface area (Å²) in [4.78, 5) is 15.4. The number of amides is 1. The van der Waals surface area contributed by atoms with Gasteiger partial charge in [-0.05, 0) is 36.5 Å². The van der Waals surface area contributed by atoms with Crippen molar-refractivity contribution in [2.75, 3.05) is 26.2 Å². The van der Waals surface area contributed by atoms with Crippen molar-refractivity contribution < 1.29 is 9.18 Å². The molecule has 1 N–H and O–H groups in total. The predicted molar refractivity (Wildman–Crippen MR) is 82.3 cm³/mol. The average molecular weight is 304 g/mol. The maximum absolute atomic E-state index is 14.0. The normalized spacial score (nSPS) is 24.8. The average Bonchev–Trinajstić information content (AvgIpc) is 3.11. The summed E-state index contributed by atoms with van der Waals surface area (Å²) in [5.74, 6) is 1.01. The Balaban J connectivity index is 1.69. The highest BCUT2D eigenvalue weighted by Gasteiger charge is 2.39. The van der Waals surface area contributed by atoms with Crippen LogP contribution in [0.4, 0.5) is 4.39 Å². The first-order valence-corrected chi connectivity index (χ1v) is 8.14. The van der Waals surface area contributed by atoms with Crippen LogP contribution < -0.4 is 5.32 Å². The highest BCUT2D eigenvalue weighted by atomic mass is 32.1. The molecule has 1 amide bonds. The second-order valence-corrected chi connectivity index (χ2v) is 7.11. The molecule has 0 bridgehead atoms. The van der Waals surface area contributed by atoms with Crippen LogP contribution in [0.3, 0.4) is 0 Å². The van der Waals surface area contributed by atoms with Crippen LogP contribution >= 0.6 is 11.3 Å². The molecule has 1 aromatic carbocycles. The van der Waals surface area contributed by atoms with E-state index in [0.29, 0.717) is 22.1 Å². The van der Waals surface area contributed by atoms with Gasteiger partial charge in [-0.1, -0.05) is 6.07 Å². The van der Waals surface area contributed by atoms with Crippen LogP contribution in [0.5, 0.6) is 0 Å². The lowest BCUT2D eigenvalue weighted by atomic mass is 10.0. The Kier molecular flexibility index (Phi) is 3.01. The van der Waals surface area contributed by atoms with E-state index in [1.165, 1.54) is 17.4 Å². The zero-order chi connectivity index (χ0) is 14.6. The van der Waals surface area contributed by atoms with Crippen molar-refractivity contribution >= 4 is 27.3 Å². The molecule has 21 heavy (non-hydrogen) atoms. The van der Waals surface area contributed by atoms with Crippen molar-refractivity contribution in [3.63, 3.8) is 0 Å². The molecular formula is C16H17FN2OS. The first-order chi connectivity index (χ1) is 10.1. The molecule has 2 saturated heterocycles. The number of nitrogens with zero attached hydrogens (tertiary/aromatic N) is 1. The zero-order valence-electron chi connectivity index (χ0n) is 11.9. The number of thiophene rings is 1. The summed E-state index contributed by atoms with van der Waals surface area (Å²) in [5, 5.41) is 3.98. The number of nitrogens with one attached hydrogen (secondary N) is 1. The minimum atomic E-state index is -0.234. The standard InChI is InChI=1S/C16H17FN2OS/c1-9-14-12(17)3-2-4-13(14)21-15(9)16(20)19-7-10-5-18-6-11(10)8-19/h2-4,10-11,18H,5-8H2,1H3/t10-,11+. The molecule has 110 valence electrons. The van der Waals surface area contributed by atoms with Gasteiger partial charge in [-0.3, -0.25) is 4.79 Å². The van der Waals surface area contributed by atoms with Gasteiger partial charge >= 0.3 is 0 Å². The fraction of sp³-hybridized carbons (Fsp3) is 0.438. The van der Waals surface area contributed by atoms with Gasteiger partial charge in [0.2, 0.25) is 0 Å². The van der Waals surface area contributed by atoms with Gasteiger partial charge in [-0.2, -0.15) is 0 Å². The lowest BCUT2D eigenvalue weighted by molar-refractivity contribution is 0.0786. The molecule has 0 unspecified atom stereocenters. The van der Waals surface area contributed by atoms with Crippen LogP contribution in [0.15, 0.2) is 18.2 Å². The lowest BCUT2D eigenvalue weighted by Gasteiger charge is -2.17. The number of fused-ring (bicyclic) bond motifs is 2. The molecule has 4 rings (SSSR count). The van der Waals surface area contributed by atoms with Crippen molar-refractivity contribution in [2.24, 2.45) is 11.8 Å². The maximum Gasteiger partial charge on any atom is 0.264 e. The summed E-state index contributed by atoms with van der Waals surface area (Å²) in [5.41, 5.74) is 0.785. The van der Waals surface area contributed by atoms with E-state index in [0.717, 1.165) is 36.4 Å². The molecule has 5 heteroatoms. The second kappa shape index (κ2) is 4.78. The van der Waals surface area contributed by atoms with Crippen molar-refractivity contribution in [1.82, 2.24) is 10.2 Å². The van der Waals surface area contributed by atoms with Crippen molar-refractivity contribution in [3.8, 4) is 0 Å². The van der Waals surface area contributed by atoms with Crippen LogP contribution in [0.25, 0.3) is 10.1 Å². The quantitative estimate of drug-likeness (QED) is 0.878. The Labute approximate surface area is 126 Å². The molecule has 2 fully saturated rings. The largest absolute Gasteiger partial charge is 0.337 e. The van der Waals surface area contributed by atoms with Gasteiger partial charge in [0.15, 0.2) is 0 Å². The van der Waals surface area contributed by atoms with Gasteiger partial charge in [-0.15, -0.1) is 11.3 Å². The zero-order valence-corrected chi connectivity index (χ0v) is 12.7. The number of hydrogen-bond donors (Lipinski definition) is 1. The van der Waals surface area contributed by atoms with Crippen LogP contribution in [0, 0.1) is 24.6 Å². The summed E-state index contributed by atoms with van der Waals surface area (Å²) < 4.78 is 14.8. The summed E-state index contributed by atoms with van der Waals surface area (Å²) in [6, 6.07) is 5.05. The Morgan fingerprint density at radius 2 is 2.05 bits per heavy atom. The number of halogens is 1. The van der Waals surface area contributed by atoms with Gasteiger partial charge in [0.1, 0.15) is 5.82 Å². The van der Waals surface area contributed by atoms with E-state index in [4.69, 9.17) is 0 Å². The van der Waals surface area contributed by atoms with Gasteiger partial charge in [0.25, 0.3) is 5.91 Å². The van der Waals surface area contributed by atoms with E-state index < -0.39 is 0 Å². The van der Waals surface area contributed by atoms with E-state index in [1.807, 2.05) is 17.9 Å². The smallest absolute Gasteiger partial charge is 0.264 e. The van der Waals surface area contributed by atoms with Crippen molar-refractivity contribution in [1.29, 1.82) is 0 Å². The fourth-order valence-electron chi connectivity index (χ4n) is 3.62. The highest BCUT2D eigenvalue weighted by molar-refractivity contribution is 7.21. The molecular weight excluding hydrogens is 287 g/mol. The molecule has 2 aliphatic rings. The summed E-state index contributed by atoms with van der Waals surface area (Å²) in [6.45, 7) is 5.52. The van der Waals surface area contributed by atoms with Crippen LogP contribution in [0.2, 0.25) is 0 Å². The Morgan fingerprint density at radius 1 is 1.33 bits per heavy atom. The minimum Gasteiger partial charge on any atom is -0.337 e. The maximum atomic E-state index is 14.0. The van der Waals surface area contributed by atoms with E-state index in [2.05, 4.69) is 5.32 Å². The third kappa shape index (κ3) is 1.99. The van der Waals surface area contributed by atoms with Crippen LogP contribution in [-0.4, -0.2) is 37.0 Å². The van der Waals surface area contributed by atoms with Crippen molar-refractivity contribution in [2.45, 2.75) is 6.92 Å². The van der Waals surface area contributed by atoms with Gasteiger partial charge in [-0.25, -0.2) is 4.39 Å². The number of likely N-dealkylation sites (tertiary alicyclic amines) is 1. The lowest BCUT2D eigenvalue weighted by Crippen LogP contribution is -2.31. The predicted octanol–water partition coefficient (Wildman–Crippen LogP) is 2.64. The van der Waals surface area contributed by atoms with E-state index in [-0.39, 0.29) is 11.7 Å². The topological polar surface area (TPSA) is 32.3 Å². The Morgan fingerprint density at radius 3 is 2.71 bits per heavy atom. The number of rotatable bonds is 1. The SMILES string of the molecule is Cc1c(C(=O)N2C[C@H]3CNC[C@H]3C2)sc2cccc(F)c12. The van der Waals surface area contributed by atoms with Gasteiger partial charge in [0, 0.05) is 36.3 Å². The number of benzene rings is 1. The summed E-state index contributed by atoms with van der Waals surface area (Å²) in [7, 11) is 0. The molecule has 2 aromatic rings. The highest BCUT2D eigenvalue weighted by Crippen LogP contribution is 2.35. The van der Waals surface area contributed by atoms with Crippen LogP contribution in [0.1, 0.15) is 15.2 Å². The van der Waals surface area contributed by atoms with E-state index in [1.54, 1.807) is 6.07 Å². The molecule has 3 heterocycles.